The monoisotopic (exact) mass is 342 g/mol. The summed E-state index contributed by atoms with van der Waals surface area (Å²) in [5.74, 6) is 2.40. The van der Waals surface area contributed by atoms with Crippen LogP contribution >= 0.6 is 0 Å². The van der Waals surface area contributed by atoms with Gasteiger partial charge in [0.25, 0.3) is 0 Å². The van der Waals surface area contributed by atoms with Gasteiger partial charge in [-0.3, -0.25) is 0 Å². The zero-order valence-corrected chi connectivity index (χ0v) is 16.1. The Hall–Kier alpha value is -1.88. The summed E-state index contributed by atoms with van der Waals surface area (Å²) < 4.78 is 5.34. The van der Waals surface area contributed by atoms with Gasteiger partial charge < -0.3 is 14.5 Å². The molecule has 0 bridgehead atoms. The number of fused-ring (bicyclic) bond motifs is 1. The van der Waals surface area contributed by atoms with Crippen molar-refractivity contribution in [2.24, 2.45) is 5.92 Å². The van der Waals surface area contributed by atoms with Crippen LogP contribution in [0.4, 0.5) is 5.95 Å². The Balaban J connectivity index is 1.75. The van der Waals surface area contributed by atoms with Gasteiger partial charge in [0, 0.05) is 37.1 Å². The van der Waals surface area contributed by atoms with Gasteiger partial charge in [-0.25, -0.2) is 9.97 Å². The van der Waals surface area contributed by atoms with Crippen molar-refractivity contribution >= 4 is 16.9 Å². The Morgan fingerprint density at radius 3 is 2.60 bits per heavy atom. The van der Waals surface area contributed by atoms with E-state index in [1.165, 1.54) is 12.8 Å². The molecule has 0 amide bonds. The normalized spacial score (nSPS) is 16.2. The van der Waals surface area contributed by atoms with E-state index in [9.17, 15) is 0 Å². The van der Waals surface area contributed by atoms with Crippen LogP contribution in [0.5, 0.6) is 5.75 Å². The van der Waals surface area contributed by atoms with E-state index in [1.54, 1.807) is 7.11 Å². The molecule has 3 rings (SSSR count). The van der Waals surface area contributed by atoms with Crippen molar-refractivity contribution in [3.8, 4) is 5.75 Å². The van der Waals surface area contributed by atoms with E-state index in [0.29, 0.717) is 12.0 Å². The van der Waals surface area contributed by atoms with Crippen LogP contribution in [-0.4, -0.2) is 54.7 Å². The van der Waals surface area contributed by atoms with E-state index in [-0.39, 0.29) is 0 Å². The van der Waals surface area contributed by atoms with Gasteiger partial charge in [-0.05, 0) is 44.9 Å². The second kappa shape index (κ2) is 7.56. The number of aromatic nitrogens is 2. The molecule has 1 aromatic carbocycles. The molecular formula is C20H30N4O. The maximum atomic E-state index is 5.34. The molecule has 0 saturated carbocycles. The van der Waals surface area contributed by atoms with Gasteiger partial charge in [0.1, 0.15) is 5.75 Å². The first-order valence-corrected chi connectivity index (χ1v) is 9.25. The molecule has 25 heavy (non-hydrogen) atoms. The number of methoxy groups -OCH3 is 1. The smallest absolute Gasteiger partial charge is 0.226 e. The fourth-order valence-corrected chi connectivity index (χ4v) is 3.75. The number of ether oxygens (including phenoxy) is 1. The summed E-state index contributed by atoms with van der Waals surface area (Å²) in [4.78, 5) is 14.4. The number of piperidine rings is 1. The molecule has 1 aliphatic heterocycles. The first-order chi connectivity index (χ1) is 12.0. The van der Waals surface area contributed by atoms with E-state index >= 15 is 0 Å². The van der Waals surface area contributed by atoms with E-state index in [0.717, 1.165) is 47.9 Å². The molecule has 5 heteroatoms. The molecule has 0 radical (unpaired) electrons. The summed E-state index contributed by atoms with van der Waals surface area (Å²) in [6, 6.07) is 6.67. The lowest BCUT2D eigenvalue weighted by Crippen LogP contribution is -2.45. The lowest BCUT2D eigenvalue weighted by Gasteiger charge is -2.37. The molecule has 1 aliphatic rings. The number of rotatable bonds is 5. The first kappa shape index (κ1) is 17.9. The number of hydrogen-bond donors (Lipinski definition) is 0. The summed E-state index contributed by atoms with van der Waals surface area (Å²) in [5.41, 5.74) is 1.99. The quantitative estimate of drug-likeness (QED) is 0.832. The van der Waals surface area contributed by atoms with Gasteiger partial charge in [-0.2, -0.15) is 0 Å². The Kier molecular flexibility index (Phi) is 5.42. The molecule has 0 N–H and O–H groups in total. The Morgan fingerprint density at radius 2 is 1.96 bits per heavy atom. The topological polar surface area (TPSA) is 41.5 Å². The fourth-order valence-electron chi connectivity index (χ4n) is 3.75. The van der Waals surface area contributed by atoms with E-state index < -0.39 is 0 Å². The highest BCUT2D eigenvalue weighted by Crippen LogP contribution is 2.25. The van der Waals surface area contributed by atoms with E-state index in [4.69, 9.17) is 14.7 Å². The minimum Gasteiger partial charge on any atom is -0.497 e. The highest BCUT2D eigenvalue weighted by atomic mass is 16.5. The van der Waals surface area contributed by atoms with Crippen LogP contribution in [0.1, 0.15) is 32.4 Å². The molecule has 0 unspecified atom stereocenters. The van der Waals surface area contributed by atoms with E-state index in [1.807, 2.05) is 18.2 Å². The van der Waals surface area contributed by atoms with Gasteiger partial charge in [0.2, 0.25) is 5.95 Å². The van der Waals surface area contributed by atoms with Crippen LogP contribution in [0.25, 0.3) is 10.9 Å². The SMILES string of the molecule is COc1ccc2c(C)nc(N3CCC(N(C)CC(C)C)CC3)nc2c1. The molecule has 1 aromatic heterocycles. The lowest BCUT2D eigenvalue weighted by atomic mass is 10.0. The predicted octanol–water partition coefficient (Wildman–Crippen LogP) is 3.50. The summed E-state index contributed by atoms with van der Waals surface area (Å²) in [6.07, 6.45) is 2.34. The number of hydrogen-bond acceptors (Lipinski definition) is 5. The molecule has 0 aliphatic carbocycles. The average molecular weight is 342 g/mol. The number of nitrogens with zero attached hydrogens (tertiary/aromatic N) is 4. The van der Waals surface area contributed by atoms with Crippen LogP contribution in [0.15, 0.2) is 18.2 Å². The van der Waals surface area contributed by atoms with Gasteiger partial charge >= 0.3 is 0 Å². The summed E-state index contributed by atoms with van der Waals surface area (Å²) in [7, 11) is 3.94. The molecule has 1 fully saturated rings. The summed E-state index contributed by atoms with van der Waals surface area (Å²) in [6.45, 7) is 9.82. The van der Waals surface area contributed by atoms with Crippen molar-refractivity contribution in [2.45, 2.75) is 39.7 Å². The maximum absolute atomic E-state index is 5.34. The van der Waals surface area contributed by atoms with Crippen molar-refractivity contribution in [1.29, 1.82) is 0 Å². The molecule has 136 valence electrons. The van der Waals surface area contributed by atoms with Crippen LogP contribution in [0.3, 0.4) is 0 Å². The predicted molar refractivity (Wildman–Crippen MR) is 104 cm³/mol. The maximum Gasteiger partial charge on any atom is 0.226 e. The van der Waals surface area contributed by atoms with E-state index in [2.05, 4.69) is 37.6 Å². The number of benzene rings is 1. The van der Waals surface area contributed by atoms with Crippen LogP contribution < -0.4 is 9.64 Å². The van der Waals surface area contributed by atoms with Crippen LogP contribution in [-0.2, 0) is 0 Å². The van der Waals surface area contributed by atoms with Crippen molar-refractivity contribution in [1.82, 2.24) is 14.9 Å². The molecule has 0 atom stereocenters. The molecule has 2 heterocycles. The van der Waals surface area contributed by atoms with Gasteiger partial charge in [-0.1, -0.05) is 13.8 Å². The van der Waals surface area contributed by atoms with Crippen molar-refractivity contribution in [2.75, 3.05) is 38.7 Å². The standard InChI is InChI=1S/C20H30N4O/c1-14(2)13-23(4)16-8-10-24(11-9-16)20-21-15(3)18-7-6-17(25-5)12-19(18)22-20/h6-7,12,14,16H,8-11,13H2,1-5H3. The van der Waals surface area contributed by atoms with Gasteiger partial charge in [-0.15, -0.1) is 0 Å². The Morgan fingerprint density at radius 1 is 1.24 bits per heavy atom. The van der Waals surface area contributed by atoms with Crippen molar-refractivity contribution in [3.63, 3.8) is 0 Å². The third-order valence-corrected chi connectivity index (χ3v) is 5.11. The summed E-state index contributed by atoms with van der Waals surface area (Å²) >= 11 is 0. The van der Waals surface area contributed by atoms with Crippen molar-refractivity contribution < 1.29 is 4.74 Å². The zero-order chi connectivity index (χ0) is 18.0. The second-order valence-electron chi connectivity index (χ2n) is 7.54. The Labute approximate surface area is 151 Å². The van der Waals surface area contributed by atoms with Crippen LogP contribution in [0.2, 0.25) is 0 Å². The molecule has 2 aromatic rings. The Bertz CT molecular complexity index is 723. The van der Waals surface area contributed by atoms with Gasteiger partial charge in [0.05, 0.1) is 18.3 Å². The minimum absolute atomic E-state index is 0.667. The highest BCUT2D eigenvalue weighted by Gasteiger charge is 2.24. The average Bonchev–Trinajstić information content (AvgIpc) is 2.60. The van der Waals surface area contributed by atoms with Crippen molar-refractivity contribution in [3.05, 3.63) is 23.9 Å². The second-order valence-corrected chi connectivity index (χ2v) is 7.54. The number of aryl methyl sites for hydroxylation is 1. The largest absolute Gasteiger partial charge is 0.497 e. The minimum atomic E-state index is 0.667. The first-order valence-electron chi connectivity index (χ1n) is 9.25. The molecular weight excluding hydrogens is 312 g/mol. The molecule has 0 spiro atoms. The molecule has 1 saturated heterocycles. The third kappa shape index (κ3) is 4.03. The third-order valence-electron chi connectivity index (χ3n) is 5.11. The summed E-state index contributed by atoms with van der Waals surface area (Å²) in [5, 5.41) is 1.09. The zero-order valence-electron chi connectivity index (χ0n) is 16.1. The van der Waals surface area contributed by atoms with Crippen LogP contribution in [0, 0.1) is 12.8 Å². The fraction of sp³-hybridized carbons (Fsp3) is 0.600. The number of anilines is 1. The van der Waals surface area contributed by atoms with Gasteiger partial charge in [0.15, 0.2) is 0 Å². The lowest BCUT2D eigenvalue weighted by molar-refractivity contribution is 0.188. The highest BCUT2D eigenvalue weighted by molar-refractivity contribution is 5.83. The molecule has 5 nitrogen and oxygen atoms in total.